The van der Waals surface area contributed by atoms with Crippen molar-refractivity contribution >= 4 is 34.9 Å². The number of nitrogens with zero attached hydrogens (tertiary/aromatic N) is 4. The maximum absolute atomic E-state index is 6.40. The van der Waals surface area contributed by atoms with Gasteiger partial charge >= 0.3 is 0 Å². The molecule has 4 rings (SSSR count). The minimum absolute atomic E-state index is 0.119. The van der Waals surface area contributed by atoms with E-state index in [2.05, 4.69) is 49.6 Å². The second-order valence-corrected chi connectivity index (χ2v) is 7.44. The van der Waals surface area contributed by atoms with Crippen molar-refractivity contribution in [2.24, 2.45) is 9.98 Å². The molecule has 3 aromatic rings. The Kier molecular flexibility index (Phi) is 6.05. The van der Waals surface area contributed by atoms with E-state index >= 15 is 0 Å². The largest absolute Gasteiger partial charge is 0.366 e. The summed E-state index contributed by atoms with van der Waals surface area (Å²) in [6.07, 6.45) is 0.916. The van der Waals surface area contributed by atoms with Crippen LogP contribution in [0.1, 0.15) is 25.8 Å². The van der Waals surface area contributed by atoms with E-state index in [0.29, 0.717) is 35.0 Å². The summed E-state index contributed by atoms with van der Waals surface area (Å²) >= 11 is 6.40. The highest BCUT2D eigenvalue weighted by Gasteiger charge is 2.18. The lowest BCUT2D eigenvalue weighted by molar-refractivity contribution is 0.832. The van der Waals surface area contributed by atoms with Crippen LogP contribution in [0.5, 0.6) is 0 Å². The Morgan fingerprint density at radius 3 is 2.43 bits per heavy atom. The van der Waals surface area contributed by atoms with Gasteiger partial charge in [0, 0.05) is 23.9 Å². The molecule has 2 heterocycles. The van der Waals surface area contributed by atoms with Crippen molar-refractivity contribution in [1.29, 1.82) is 0 Å². The zero-order valence-corrected chi connectivity index (χ0v) is 17.7. The van der Waals surface area contributed by atoms with Crippen LogP contribution in [-0.4, -0.2) is 27.7 Å². The highest BCUT2D eigenvalue weighted by atomic mass is 35.5. The van der Waals surface area contributed by atoms with Gasteiger partial charge in [0.1, 0.15) is 11.6 Å². The summed E-state index contributed by atoms with van der Waals surface area (Å²) in [7, 11) is 0. The number of anilines is 2. The quantitative estimate of drug-likeness (QED) is 0.559. The molecule has 1 aromatic heterocycles. The van der Waals surface area contributed by atoms with Crippen molar-refractivity contribution in [2.75, 3.05) is 10.6 Å². The van der Waals surface area contributed by atoms with Crippen LogP contribution in [0.15, 0.2) is 70.6 Å². The van der Waals surface area contributed by atoms with Crippen molar-refractivity contribution in [2.45, 2.75) is 32.9 Å². The SMILES string of the molecule is CCC1N=C(Nc2cc(NCc3ccccc3)nc(-c3ccccc3Cl)n2)N=C1C. The molecule has 1 aliphatic rings. The molecule has 0 saturated carbocycles. The van der Waals surface area contributed by atoms with Crippen molar-refractivity contribution < 1.29 is 0 Å². The smallest absolute Gasteiger partial charge is 0.224 e. The van der Waals surface area contributed by atoms with Gasteiger partial charge in [-0.3, -0.25) is 0 Å². The van der Waals surface area contributed by atoms with Gasteiger partial charge < -0.3 is 10.6 Å². The Balaban J connectivity index is 1.65. The molecule has 30 heavy (non-hydrogen) atoms. The van der Waals surface area contributed by atoms with Gasteiger partial charge in [-0.25, -0.2) is 20.0 Å². The van der Waals surface area contributed by atoms with E-state index in [1.165, 1.54) is 0 Å². The van der Waals surface area contributed by atoms with Crippen LogP contribution in [0, 0.1) is 0 Å². The fraction of sp³-hybridized carbons (Fsp3) is 0.217. The molecule has 152 valence electrons. The Hall–Kier alpha value is -3.25. The summed E-state index contributed by atoms with van der Waals surface area (Å²) in [6, 6.07) is 19.7. The number of halogens is 1. The van der Waals surface area contributed by atoms with Crippen molar-refractivity contribution in [3.05, 3.63) is 71.2 Å². The first-order valence-electron chi connectivity index (χ1n) is 9.94. The first-order chi connectivity index (χ1) is 14.6. The molecule has 2 aromatic carbocycles. The van der Waals surface area contributed by atoms with Gasteiger partial charge in [0.05, 0.1) is 11.1 Å². The third-order valence-electron chi connectivity index (χ3n) is 4.83. The molecule has 0 saturated heterocycles. The van der Waals surface area contributed by atoms with Crippen LogP contribution >= 0.6 is 11.6 Å². The van der Waals surface area contributed by atoms with Crippen LogP contribution in [0.3, 0.4) is 0 Å². The molecule has 1 aliphatic heterocycles. The summed E-state index contributed by atoms with van der Waals surface area (Å²) in [5, 5.41) is 7.21. The van der Waals surface area contributed by atoms with Crippen LogP contribution in [-0.2, 0) is 6.54 Å². The zero-order valence-electron chi connectivity index (χ0n) is 16.9. The summed E-state index contributed by atoms with van der Waals surface area (Å²) in [5.41, 5.74) is 2.93. The first kappa shape index (κ1) is 20.0. The lowest BCUT2D eigenvalue weighted by atomic mass is 10.2. The molecular weight excluding hydrogens is 396 g/mol. The van der Waals surface area contributed by atoms with Crippen molar-refractivity contribution in [3.8, 4) is 11.4 Å². The normalized spacial score (nSPS) is 15.5. The van der Waals surface area contributed by atoms with Gasteiger partial charge in [0.25, 0.3) is 0 Å². The van der Waals surface area contributed by atoms with Crippen molar-refractivity contribution in [3.63, 3.8) is 0 Å². The average molecular weight is 419 g/mol. The van der Waals surface area contributed by atoms with E-state index in [-0.39, 0.29) is 6.04 Å². The molecule has 7 heteroatoms. The molecule has 1 atom stereocenters. The lowest BCUT2D eigenvalue weighted by Gasteiger charge is -2.12. The summed E-state index contributed by atoms with van der Waals surface area (Å²) < 4.78 is 0. The molecule has 0 spiro atoms. The number of nitrogens with one attached hydrogen (secondary N) is 2. The molecule has 0 radical (unpaired) electrons. The molecule has 2 N–H and O–H groups in total. The number of benzene rings is 2. The molecule has 1 unspecified atom stereocenters. The maximum Gasteiger partial charge on any atom is 0.224 e. The predicted octanol–water partition coefficient (Wildman–Crippen LogP) is 5.43. The number of hydrogen-bond donors (Lipinski definition) is 2. The number of aliphatic imine (C=N–C) groups is 2. The predicted molar refractivity (Wildman–Crippen MR) is 124 cm³/mol. The second-order valence-electron chi connectivity index (χ2n) is 7.04. The Morgan fingerprint density at radius 2 is 1.70 bits per heavy atom. The fourth-order valence-corrected chi connectivity index (χ4v) is 3.45. The maximum atomic E-state index is 6.40. The van der Waals surface area contributed by atoms with E-state index in [1.54, 1.807) is 0 Å². The van der Waals surface area contributed by atoms with Crippen LogP contribution in [0.2, 0.25) is 5.02 Å². The number of guanidine groups is 1. The van der Waals surface area contributed by atoms with Gasteiger partial charge in [-0.2, -0.15) is 0 Å². The molecular formula is C23H23ClN6. The van der Waals surface area contributed by atoms with E-state index < -0.39 is 0 Å². The topological polar surface area (TPSA) is 74.6 Å². The van der Waals surface area contributed by atoms with Crippen LogP contribution in [0.4, 0.5) is 11.6 Å². The van der Waals surface area contributed by atoms with Gasteiger partial charge in [-0.1, -0.05) is 61.0 Å². The van der Waals surface area contributed by atoms with E-state index in [1.807, 2.05) is 55.5 Å². The van der Waals surface area contributed by atoms with E-state index in [9.17, 15) is 0 Å². The summed E-state index contributed by atoms with van der Waals surface area (Å²) in [4.78, 5) is 18.5. The average Bonchev–Trinajstić information content (AvgIpc) is 3.12. The zero-order chi connectivity index (χ0) is 20.9. The standard InChI is InChI=1S/C23H23ClN6/c1-3-19-15(2)26-23(27-19)30-21-13-20(25-14-16-9-5-4-6-10-16)28-22(29-21)17-11-7-8-12-18(17)24/h4-13,19H,3,14H2,1-2H3,(H2,25,27,28,29,30). The van der Waals surface area contributed by atoms with Crippen molar-refractivity contribution in [1.82, 2.24) is 9.97 Å². The minimum atomic E-state index is 0.119. The molecule has 0 fully saturated rings. The second kappa shape index (κ2) is 9.05. The number of aromatic nitrogens is 2. The molecule has 6 nitrogen and oxygen atoms in total. The number of rotatable bonds is 6. The Bertz CT molecular complexity index is 1090. The minimum Gasteiger partial charge on any atom is -0.366 e. The van der Waals surface area contributed by atoms with Gasteiger partial charge in [0.15, 0.2) is 5.82 Å². The third kappa shape index (κ3) is 4.66. The van der Waals surface area contributed by atoms with E-state index in [0.717, 1.165) is 23.3 Å². The monoisotopic (exact) mass is 418 g/mol. The Morgan fingerprint density at radius 1 is 0.967 bits per heavy atom. The summed E-state index contributed by atoms with van der Waals surface area (Å²) in [6.45, 7) is 4.74. The van der Waals surface area contributed by atoms with Gasteiger partial charge in [-0.15, -0.1) is 0 Å². The Labute approximate surface area is 181 Å². The molecule has 0 aliphatic carbocycles. The highest BCUT2D eigenvalue weighted by molar-refractivity contribution is 6.33. The third-order valence-corrected chi connectivity index (χ3v) is 5.16. The summed E-state index contributed by atoms with van der Waals surface area (Å²) in [5.74, 6) is 2.41. The molecule has 0 bridgehead atoms. The molecule has 0 amide bonds. The van der Waals surface area contributed by atoms with Crippen LogP contribution < -0.4 is 10.6 Å². The van der Waals surface area contributed by atoms with Gasteiger partial charge in [0.2, 0.25) is 5.96 Å². The first-order valence-corrected chi connectivity index (χ1v) is 10.3. The fourth-order valence-electron chi connectivity index (χ4n) is 3.23. The van der Waals surface area contributed by atoms with Crippen LogP contribution in [0.25, 0.3) is 11.4 Å². The van der Waals surface area contributed by atoms with E-state index in [4.69, 9.17) is 11.6 Å². The van der Waals surface area contributed by atoms with Gasteiger partial charge in [-0.05, 0) is 31.0 Å². The number of hydrogen-bond acceptors (Lipinski definition) is 6. The highest BCUT2D eigenvalue weighted by Crippen LogP contribution is 2.27. The lowest BCUT2D eigenvalue weighted by Crippen LogP contribution is -2.11.